The standard InChI is InChI=1S/C21H30N2O2/c1-15-8-9-16(2)18(10-15)12-20(24)22(3)13-17-11-21(25)23(14-17)19-6-4-5-7-19/h8-10,17,19H,4-7,11-14H2,1-3H3. The number of carbonyl (C=O) groups excluding carboxylic acids is 2. The molecule has 3 rings (SSSR count). The molecule has 1 saturated carbocycles. The third kappa shape index (κ3) is 4.23. The molecule has 1 aromatic carbocycles. The van der Waals surface area contributed by atoms with Crippen LogP contribution in [0.4, 0.5) is 0 Å². The van der Waals surface area contributed by atoms with Gasteiger partial charge in [0.25, 0.3) is 0 Å². The summed E-state index contributed by atoms with van der Waals surface area (Å²) in [7, 11) is 1.87. The summed E-state index contributed by atoms with van der Waals surface area (Å²) in [5.74, 6) is 0.702. The molecule has 0 N–H and O–H groups in total. The molecular formula is C21H30N2O2. The molecule has 1 aliphatic heterocycles. The van der Waals surface area contributed by atoms with Gasteiger partial charge in [-0.15, -0.1) is 0 Å². The molecule has 4 heteroatoms. The monoisotopic (exact) mass is 342 g/mol. The Morgan fingerprint density at radius 1 is 1.24 bits per heavy atom. The SMILES string of the molecule is Cc1ccc(C)c(CC(=O)N(C)CC2CC(=O)N(C3CCCC3)C2)c1. The van der Waals surface area contributed by atoms with E-state index >= 15 is 0 Å². The smallest absolute Gasteiger partial charge is 0.226 e. The molecule has 1 aliphatic carbocycles. The van der Waals surface area contributed by atoms with E-state index in [2.05, 4.69) is 36.9 Å². The summed E-state index contributed by atoms with van der Waals surface area (Å²) >= 11 is 0. The number of aryl methyl sites for hydroxylation is 2. The van der Waals surface area contributed by atoms with Crippen molar-refractivity contribution in [2.75, 3.05) is 20.1 Å². The largest absolute Gasteiger partial charge is 0.345 e. The Hall–Kier alpha value is -1.84. The van der Waals surface area contributed by atoms with Gasteiger partial charge in [-0.25, -0.2) is 0 Å². The summed E-state index contributed by atoms with van der Waals surface area (Å²) in [5.41, 5.74) is 3.45. The lowest BCUT2D eigenvalue weighted by Gasteiger charge is -2.25. The summed E-state index contributed by atoms with van der Waals surface area (Å²) in [4.78, 5) is 28.8. The Bertz CT molecular complexity index is 649. The molecule has 25 heavy (non-hydrogen) atoms. The highest BCUT2D eigenvalue weighted by atomic mass is 16.2. The fraction of sp³-hybridized carbons (Fsp3) is 0.619. The summed E-state index contributed by atoms with van der Waals surface area (Å²) in [6.07, 6.45) is 5.83. The van der Waals surface area contributed by atoms with Gasteiger partial charge in [-0.3, -0.25) is 9.59 Å². The maximum absolute atomic E-state index is 12.6. The average molecular weight is 342 g/mol. The predicted molar refractivity (Wildman–Crippen MR) is 99.3 cm³/mol. The first-order valence-corrected chi connectivity index (χ1v) is 9.53. The van der Waals surface area contributed by atoms with E-state index in [0.29, 0.717) is 25.4 Å². The number of likely N-dealkylation sites (N-methyl/N-ethyl adjacent to an activating group) is 1. The van der Waals surface area contributed by atoms with E-state index in [0.717, 1.165) is 30.5 Å². The van der Waals surface area contributed by atoms with Gasteiger partial charge in [0.1, 0.15) is 0 Å². The van der Waals surface area contributed by atoms with Crippen molar-refractivity contribution in [3.05, 3.63) is 34.9 Å². The minimum absolute atomic E-state index is 0.139. The van der Waals surface area contributed by atoms with Crippen LogP contribution < -0.4 is 0 Å². The van der Waals surface area contributed by atoms with Crippen LogP contribution in [0.15, 0.2) is 18.2 Å². The van der Waals surface area contributed by atoms with Gasteiger partial charge in [-0.1, -0.05) is 36.6 Å². The van der Waals surface area contributed by atoms with E-state index in [1.54, 1.807) is 0 Å². The lowest BCUT2D eigenvalue weighted by atomic mass is 10.0. The Labute approximate surface area is 151 Å². The third-order valence-electron chi connectivity index (χ3n) is 5.81. The highest BCUT2D eigenvalue weighted by Crippen LogP contribution is 2.29. The van der Waals surface area contributed by atoms with E-state index < -0.39 is 0 Å². The first-order valence-electron chi connectivity index (χ1n) is 9.53. The highest BCUT2D eigenvalue weighted by Gasteiger charge is 2.36. The van der Waals surface area contributed by atoms with Gasteiger partial charge in [-0.2, -0.15) is 0 Å². The lowest BCUT2D eigenvalue weighted by molar-refractivity contribution is -0.130. The normalized spacial score (nSPS) is 21.2. The number of benzene rings is 1. The van der Waals surface area contributed by atoms with Crippen LogP contribution in [0.2, 0.25) is 0 Å². The zero-order chi connectivity index (χ0) is 18.0. The number of carbonyl (C=O) groups is 2. The van der Waals surface area contributed by atoms with Gasteiger partial charge < -0.3 is 9.80 Å². The molecule has 2 aliphatic rings. The third-order valence-corrected chi connectivity index (χ3v) is 5.81. The molecule has 1 heterocycles. The van der Waals surface area contributed by atoms with Gasteiger partial charge in [0.05, 0.1) is 6.42 Å². The minimum atomic E-state index is 0.139. The van der Waals surface area contributed by atoms with Crippen LogP contribution in [0.25, 0.3) is 0 Å². The van der Waals surface area contributed by atoms with Crippen molar-refractivity contribution in [1.82, 2.24) is 9.80 Å². The quantitative estimate of drug-likeness (QED) is 0.825. The number of hydrogen-bond donors (Lipinski definition) is 0. The van der Waals surface area contributed by atoms with Crippen molar-refractivity contribution in [3.8, 4) is 0 Å². The van der Waals surface area contributed by atoms with Crippen LogP contribution in [0.5, 0.6) is 0 Å². The second-order valence-corrected chi connectivity index (χ2v) is 7.94. The molecule has 1 aromatic rings. The molecule has 0 radical (unpaired) electrons. The molecule has 2 amide bonds. The van der Waals surface area contributed by atoms with Crippen LogP contribution in [0, 0.1) is 19.8 Å². The Morgan fingerprint density at radius 2 is 1.96 bits per heavy atom. The summed E-state index contributed by atoms with van der Waals surface area (Å²) in [6.45, 7) is 5.61. The van der Waals surface area contributed by atoms with Gasteiger partial charge in [0, 0.05) is 38.5 Å². The van der Waals surface area contributed by atoms with Crippen molar-refractivity contribution in [2.24, 2.45) is 5.92 Å². The fourth-order valence-corrected chi connectivity index (χ4v) is 4.28. The fourth-order valence-electron chi connectivity index (χ4n) is 4.28. The number of hydrogen-bond acceptors (Lipinski definition) is 2. The predicted octanol–water partition coefficient (Wildman–Crippen LogP) is 3.10. The first-order chi connectivity index (χ1) is 11.9. The second kappa shape index (κ2) is 7.59. The highest BCUT2D eigenvalue weighted by molar-refractivity contribution is 5.80. The van der Waals surface area contributed by atoms with Crippen LogP contribution >= 0.6 is 0 Å². The Balaban J connectivity index is 1.55. The van der Waals surface area contributed by atoms with Crippen LogP contribution in [0.1, 0.15) is 48.8 Å². The van der Waals surface area contributed by atoms with E-state index in [9.17, 15) is 9.59 Å². The van der Waals surface area contributed by atoms with Gasteiger partial charge >= 0.3 is 0 Å². The number of amides is 2. The summed E-state index contributed by atoms with van der Waals surface area (Å²) in [5, 5.41) is 0. The maximum Gasteiger partial charge on any atom is 0.226 e. The summed E-state index contributed by atoms with van der Waals surface area (Å²) < 4.78 is 0. The molecule has 1 unspecified atom stereocenters. The lowest BCUT2D eigenvalue weighted by Crippen LogP contribution is -2.37. The van der Waals surface area contributed by atoms with E-state index in [1.165, 1.54) is 18.4 Å². The number of rotatable bonds is 5. The van der Waals surface area contributed by atoms with Crippen LogP contribution in [-0.4, -0.2) is 47.8 Å². The van der Waals surface area contributed by atoms with E-state index in [4.69, 9.17) is 0 Å². The van der Waals surface area contributed by atoms with Crippen molar-refractivity contribution in [2.45, 2.75) is 58.4 Å². The topological polar surface area (TPSA) is 40.6 Å². The van der Waals surface area contributed by atoms with E-state index in [1.807, 2.05) is 11.9 Å². The molecule has 0 spiro atoms. The molecule has 136 valence electrons. The van der Waals surface area contributed by atoms with Gasteiger partial charge in [0.2, 0.25) is 11.8 Å². The molecule has 1 saturated heterocycles. The second-order valence-electron chi connectivity index (χ2n) is 7.94. The van der Waals surface area contributed by atoms with Crippen molar-refractivity contribution < 1.29 is 9.59 Å². The molecule has 2 fully saturated rings. The summed E-state index contributed by atoms with van der Waals surface area (Å²) in [6, 6.07) is 6.71. The molecule has 0 aromatic heterocycles. The molecule has 1 atom stereocenters. The zero-order valence-electron chi connectivity index (χ0n) is 15.8. The molecule has 0 bridgehead atoms. The maximum atomic E-state index is 12.6. The van der Waals surface area contributed by atoms with Gasteiger partial charge in [-0.05, 0) is 37.8 Å². The Morgan fingerprint density at radius 3 is 2.68 bits per heavy atom. The number of nitrogens with zero attached hydrogens (tertiary/aromatic N) is 2. The van der Waals surface area contributed by atoms with E-state index in [-0.39, 0.29) is 17.7 Å². The van der Waals surface area contributed by atoms with Crippen LogP contribution in [0.3, 0.4) is 0 Å². The van der Waals surface area contributed by atoms with Crippen LogP contribution in [-0.2, 0) is 16.0 Å². The van der Waals surface area contributed by atoms with Crippen molar-refractivity contribution in [3.63, 3.8) is 0 Å². The average Bonchev–Trinajstić information content (AvgIpc) is 3.20. The zero-order valence-corrected chi connectivity index (χ0v) is 15.8. The van der Waals surface area contributed by atoms with Gasteiger partial charge in [0.15, 0.2) is 0 Å². The number of likely N-dealkylation sites (tertiary alicyclic amines) is 1. The Kier molecular flexibility index (Phi) is 5.45. The van der Waals surface area contributed by atoms with Crippen molar-refractivity contribution >= 4 is 11.8 Å². The molecular weight excluding hydrogens is 312 g/mol. The minimum Gasteiger partial charge on any atom is -0.345 e. The van der Waals surface area contributed by atoms with Crippen molar-refractivity contribution in [1.29, 1.82) is 0 Å². The first kappa shape index (κ1) is 18.0. The molecule has 4 nitrogen and oxygen atoms in total.